The van der Waals surface area contributed by atoms with Crippen molar-refractivity contribution in [3.8, 4) is 0 Å². The first-order chi connectivity index (χ1) is 7.69. The van der Waals surface area contributed by atoms with Gasteiger partial charge < -0.3 is 10.2 Å². The second-order valence-electron chi connectivity index (χ2n) is 3.79. The first-order valence-electron chi connectivity index (χ1n) is 5.48. The lowest BCUT2D eigenvalue weighted by atomic mass is 10.1. The van der Waals surface area contributed by atoms with Gasteiger partial charge in [-0.1, -0.05) is 23.4 Å². The zero-order valence-corrected chi connectivity index (χ0v) is 11.8. The molecule has 0 aliphatic carbocycles. The summed E-state index contributed by atoms with van der Waals surface area (Å²) in [5.74, 6) is 0. The van der Waals surface area contributed by atoms with Crippen molar-refractivity contribution in [2.24, 2.45) is 0 Å². The summed E-state index contributed by atoms with van der Waals surface area (Å²) in [6, 6.07) is 6.39. The van der Waals surface area contributed by atoms with Crippen LogP contribution in [0.1, 0.15) is 11.1 Å². The van der Waals surface area contributed by atoms with E-state index < -0.39 is 0 Å². The number of aliphatic hydroxyl groups is 2. The summed E-state index contributed by atoms with van der Waals surface area (Å²) in [4.78, 5) is 0. The number of aryl methyl sites for hydroxylation is 1. The Hall–Kier alpha value is -0.213. The monoisotopic (exact) mass is 254 g/mol. The molecule has 2 nitrogen and oxygen atoms in total. The highest BCUT2D eigenvalue weighted by molar-refractivity contribution is 7.87. The van der Waals surface area contributed by atoms with Gasteiger partial charge in [-0.3, -0.25) is 0 Å². The second kappa shape index (κ2) is 7.18. The Morgan fingerprint density at radius 2 is 1.75 bits per heavy atom. The zero-order valence-electron chi connectivity index (χ0n) is 9.90. The quantitative estimate of drug-likeness (QED) is 0.587. The lowest BCUT2D eigenvalue weighted by Crippen LogP contribution is -2.20. The molecular formula is C12H19O2PSi. The molecule has 1 aromatic carbocycles. The molecule has 0 saturated carbocycles. The van der Waals surface area contributed by atoms with Gasteiger partial charge in [-0.15, -0.1) is 7.47 Å². The minimum Gasteiger partial charge on any atom is -0.396 e. The molecule has 1 aromatic rings. The largest absolute Gasteiger partial charge is 0.396 e. The predicted molar refractivity (Wildman–Crippen MR) is 72.1 cm³/mol. The predicted octanol–water partition coefficient (Wildman–Crippen LogP) is 1.01. The van der Waals surface area contributed by atoms with Crippen molar-refractivity contribution in [2.75, 3.05) is 25.5 Å². The lowest BCUT2D eigenvalue weighted by Gasteiger charge is -2.16. The van der Waals surface area contributed by atoms with Crippen LogP contribution in [0.2, 0.25) is 0 Å². The van der Waals surface area contributed by atoms with Gasteiger partial charge in [0.05, 0.1) is 0 Å². The smallest absolute Gasteiger partial charge is 0.116 e. The summed E-state index contributed by atoms with van der Waals surface area (Å²) in [5, 5.41) is 19.4. The van der Waals surface area contributed by atoms with E-state index in [0.29, 0.717) is 0 Å². The van der Waals surface area contributed by atoms with Gasteiger partial charge in [-0.25, -0.2) is 0 Å². The van der Waals surface area contributed by atoms with Crippen LogP contribution in [0, 0.1) is 13.8 Å². The Balaban J connectivity index is 2.72. The molecule has 0 fully saturated rings. The fraction of sp³-hybridized carbons (Fsp3) is 0.500. The van der Waals surface area contributed by atoms with E-state index >= 15 is 0 Å². The molecule has 0 atom stereocenters. The number of hydrogen-bond donors (Lipinski definition) is 2. The summed E-state index contributed by atoms with van der Waals surface area (Å²) in [6.07, 6.45) is 1.70. The molecule has 0 bridgehead atoms. The maximum absolute atomic E-state index is 9.00. The molecule has 0 aromatic heterocycles. The summed E-state index contributed by atoms with van der Waals surface area (Å²) in [7, 11) is 0.511. The van der Waals surface area contributed by atoms with Crippen molar-refractivity contribution in [3.05, 3.63) is 29.3 Å². The third-order valence-electron chi connectivity index (χ3n) is 2.62. The fourth-order valence-electron chi connectivity index (χ4n) is 1.51. The first kappa shape index (κ1) is 13.9. The third kappa shape index (κ3) is 3.98. The van der Waals surface area contributed by atoms with Crippen LogP contribution in [0.15, 0.2) is 18.2 Å². The van der Waals surface area contributed by atoms with E-state index in [1.165, 1.54) is 16.3 Å². The van der Waals surface area contributed by atoms with E-state index in [2.05, 4.69) is 32.0 Å². The van der Waals surface area contributed by atoms with Gasteiger partial charge in [0.25, 0.3) is 0 Å². The van der Waals surface area contributed by atoms with Crippen molar-refractivity contribution in [2.45, 2.75) is 13.8 Å². The van der Waals surface area contributed by atoms with Crippen LogP contribution in [0.4, 0.5) is 0 Å². The van der Waals surface area contributed by atoms with Crippen molar-refractivity contribution in [1.82, 2.24) is 0 Å². The second-order valence-corrected chi connectivity index (χ2v) is 9.10. The summed E-state index contributed by atoms with van der Waals surface area (Å²) < 4.78 is 0. The summed E-state index contributed by atoms with van der Waals surface area (Å²) in [6.45, 7) is 4.76. The number of aliphatic hydroxyl groups excluding tert-OH is 2. The van der Waals surface area contributed by atoms with Crippen molar-refractivity contribution >= 4 is 21.8 Å². The van der Waals surface area contributed by atoms with Crippen LogP contribution >= 0.6 is 7.47 Å². The van der Waals surface area contributed by atoms with E-state index in [9.17, 15) is 0 Å². The van der Waals surface area contributed by atoms with Crippen LogP contribution in [-0.4, -0.2) is 44.9 Å². The van der Waals surface area contributed by atoms with Gasteiger partial charge in [0.1, 0.15) is 9.19 Å². The molecule has 1 rings (SSSR count). The molecule has 0 saturated heterocycles. The van der Waals surface area contributed by atoms with Gasteiger partial charge in [-0.2, -0.15) is 0 Å². The highest BCUT2D eigenvalue weighted by atomic mass is 31.4. The van der Waals surface area contributed by atoms with Crippen molar-refractivity contribution in [1.29, 1.82) is 0 Å². The van der Waals surface area contributed by atoms with Crippen LogP contribution in [0.5, 0.6) is 0 Å². The topological polar surface area (TPSA) is 40.5 Å². The van der Waals surface area contributed by atoms with Gasteiger partial charge in [0.2, 0.25) is 0 Å². The van der Waals surface area contributed by atoms with Crippen LogP contribution in [-0.2, 0) is 0 Å². The Morgan fingerprint density at radius 1 is 1.12 bits per heavy atom. The molecule has 2 N–H and O–H groups in total. The zero-order chi connectivity index (χ0) is 12.0. The molecule has 0 aliphatic heterocycles. The molecule has 0 aliphatic rings. The highest BCUT2D eigenvalue weighted by Crippen LogP contribution is 2.31. The van der Waals surface area contributed by atoms with Gasteiger partial charge in [0.15, 0.2) is 0 Å². The summed E-state index contributed by atoms with van der Waals surface area (Å²) >= 11 is 0. The fourth-order valence-corrected chi connectivity index (χ4v) is 6.33. The van der Waals surface area contributed by atoms with Gasteiger partial charge in [-0.05, 0) is 37.3 Å². The maximum Gasteiger partial charge on any atom is 0.116 e. The maximum atomic E-state index is 9.00. The molecule has 0 amide bonds. The number of rotatable bonds is 6. The minimum atomic E-state index is -0.238. The van der Waals surface area contributed by atoms with Crippen LogP contribution in [0.25, 0.3) is 0 Å². The molecule has 4 heteroatoms. The van der Waals surface area contributed by atoms with E-state index in [0.717, 1.165) is 21.5 Å². The first-order valence-corrected chi connectivity index (χ1v) is 9.04. The Kier molecular flexibility index (Phi) is 6.21. The average Bonchev–Trinajstić information content (AvgIpc) is 2.25. The van der Waals surface area contributed by atoms with Gasteiger partial charge >= 0.3 is 0 Å². The molecule has 16 heavy (non-hydrogen) atoms. The van der Waals surface area contributed by atoms with E-state index in [-0.39, 0.29) is 20.7 Å². The lowest BCUT2D eigenvalue weighted by molar-refractivity contribution is 0.316. The van der Waals surface area contributed by atoms with Crippen molar-refractivity contribution in [3.63, 3.8) is 0 Å². The Morgan fingerprint density at radius 3 is 2.31 bits per heavy atom. The molecular weight excluding hydrogens is 235 g/mol. The Labute approximate surface area is 101 Å². The molecule has 0 unspecified atom stereocenters. The van der Waals surface area contributed by atoms with E-state index in [4.69, 9.17) is 10.2 Å². The van der Waals surface area contributed by atoms with Crippen LogP contribution in [0.3, 0.4) is 0 Å². The van der Waals surface area contributed by atoms with Crippen LogP contribution < -0.4 is 5.19 Å². The van der Waals surface area contributed by atoms with E-state index in [1.807, 2.05) is 0 Å². The van der Waals surface area contributed by atoms with Gasteiger partial charge in [0, 0.05) is 13.2 Å². The molecule has 0 spiro atoms. The normalized spacial score (nSPS) is 11.1. The third-order valence-corrected chi connectivity index (χ3v) is 8.21. The van der Waals surface area contributed by atoms with E-state index in [1.54, 1.807) is 0 Å². The molecule has 2 radical (unpaired) electrons. The Bertz CT molecular complexity index is 325. The standard InChI is InChI=1S/C12H19O2PSi/c1-10-4-3-5-12(11(10)2)16-15(8-6-13)9-7-14/h3-5,13-14H,6-9H2,1-2H3. The van der Waals surface area contributed by atoms with Crippen molar-refractivity contribution < 1.29 is 10.2 Å². The number of benzene rings is 1. The number of hydrogen-bond acceptors (Lipinski definition) is 2. The minimum absolute atomic E-state index is 0.238. The summed E-state index contributed by atoms with van der Waals surface area (Å²) in [5.41, 5.74) is 2.69. The average molecular weight is 254 g/mol. The SMILES string of the molecule is Cc1cccc([Si]P(CCO)CCO)c1C. The molecule has 88 valence electrons. The highest BCUT2D eigenvalue weighted by Gasteiger charge is 2.11. The molecule has 0 heterocycles.